The first kappa shape index (κ1) is 6.39. The Balaban J connectivity index is 2.09. The largest absolute Gasteiger partial charge is 0.472 e. The van der Waals surface area contributed by atoms with Gasteiger partial charge in [0.15, 0.2) is 6.23 Å². The highest BCUT2D eigenvalue weighted by Gasteiger charge is 2.43. The van der Waals surface area contributed by atoms with E-state index in [9.17, 15) is 9.59 Å². The summed E-state index contributed by atoms with van der Waals surface area (Å²) < 4.78 is 5.21. The molecule has 1 amide bonds. The number of hydrogen-bond donors (Lipinski definition) is 0. The molecular formula is C7H7NO3. The molecule has 58 valence electrons. The van der Waals surface area contributed by atoms with E-state index >= 15 is 0 Å². The summed E-state index contributed by atoms with van der Waals surface area (Å²) in [5.41, 5.74) is 0. The SMILES string of the molecule is O=C/C=C1\CN2C(=O)C[C@H]2O1. The maximum Gasteiger partial charge on any atom is 0.231 e. The van der Waals surface area contributed by atoms with E-state index in [-0.39, 0.29) is 12.1 Å². The highest BCUT2D eigenvalue weighted by molar-refractivity contribution is 5.83. The van der Waals surface area contributed by atoms with Crippen LogP contribution in [0.3, 0.4) is 0 Å². The molecule has 2 aliphatic rings. The van der Waals surface area contributed by atoms with Crippen LogP contribution >= 0.6 is 0 Å². The molecule has 0 aromatic carbocycles. The molecule has 4 heteroatoms. The molecule has 1 atom stereocenters. The van der Waals surface area contributed by atoms with Gasteiger partial charge < -0.3 is 4.74 Å². The van der Waals surface area contributed by atoms with Crippen LogP contribution in [0.1, 0.15) is 6.42 Å². The molecule has 2 rings (SSSR count). The first-order valence-electron chi connectivity index (χ1n) is 3.42. The van der Waals surface area contributed by atoms with Crippen LogP contribution in [0.15, 0.2) is 11.8 Å². The van der Waals surface area contributed by atoms with E-state index in [4.69, 9.17) is 4.74 Å². The maximum absolute atomic E-state index is 10.8. The van der Waals surface area contributed by atoms with Crippen molar-refractivity contribution in [3.05, 3.63) is 11.8 Å². The lowest BCUT2D eigenvalue weighted by Gasteiger charge is -2.30. The average Bonchev–Trinajstić information content (AvgIpc) is 2.29. The highest BCUT2D eigenvalue weighted by atomic mass is 16.5. The quantitative estimate of drug-likeness (QED) is 0.294. The summed E-state index contributed by atoms with van der Waals surface area (Å²) in [6.45, 7) is 0.461. The Kier molecular flexibility index (Phi) is 1.21. The van der Waals surface area contributed by atoms with Gasteiger partial charge in [0, 0.05) is 6.08 Å². The highest BCUT2D eigenvalue weighted by Crippen LogP contribution is 2.29. The van der Waals surface area contributed by atoms with Gasteiger partial charge in [0.2, 0.25) is 5.91 Å². The summed E-state index contributed by atoms with van der Waals surface area (Å²) in [6, 6.07) is 0. The third-order valence-corrected chi connectivity index (χ3v) is 1.88. The minimum absolute atomic E-state index is 0.0892. The van der Waals surface area contributed by atoms with Gasteiger partial charge in [-0.05, 0) is 0 Å². The lowest BCUT2D eigenvalue weighted by Crippen LogP contribution is -2.48. The zero-order valence-corrected chi connectivity index (χ0v) is 5.82. The number of amides is 1. The Morgan fingerprint density at radius 3 is 3.00 bits per heavy atom. The van der Waals surface area contributed by atoms with Crippen LogP contribution in [0.4, 0.5) is 0 Å². The Bertz CT molecular complexity index is 246. The molecule has 0 N–H and O–H groups in total. The fraction of sp³-hybridized carbons (Fsp3) is 0.429. The van der Waals surface area contributed by atoms with Crippen molar-refractivity contribution in [2.45, 2.75) is 12.6 Å². The third-order valence-electron chi connectivity index (χ3n) is 1.88. The summed E-state index contributed by atoms with van der Waals surface area (Å²) in [5, 5.41) is 0. The molecule has 0 aromatic rings. The molecule has 0 aromatic heterocycles. The standard InChI is InChI=1S/C7H7NO3/c9-2-1-5-4-8-6(10)3-7(8)11-5/h1-2,7H,3-4H2/b5-1+/t7-/m1/s1. The summed E-state index contributed by atoms with van der Waals surface area (Å²) in [5.74, 6) is 0.695. The van der Waals surface area contributed by atoms with Gasteiger partial charge in [0.1, 0.15) is 12.0 Å². The Hall–Kier alpha value is -1.32. The van der Waals surface area contributed by atoms with Crippen LogP contribution in [0, 0.1) is 0 Å². The number of carbonyl (C=O) groups excluding carboxylic acids is 2. The Labute approximate surface area is 63.4 Å². The third kappa shape index (κ3) is 0.824. The predicted octanol–water partition coefficient (Wildman–Crippen LogP) is -0.342. The minimum Gasteiger partial charge on any atom is -0.472 e. The fourth-order valence-electron chi connectivity index (χ4n) is 1.27. The number of rotatable bonds is 1. The molecule has 0 aliphatic carbocycles. The number of carbonyl (C=O) groups is 2. The van der Waals surface area contributed by atoms with Gasteiger partial charge in [-0.15, -0.1) is 0 Å². The average molecular weight is 153 g/mol. The molecule has 4 nitrogen and oxygen atoms in total. The van der Waals surface area contributed by atoms with E-state index in [1.54, 1.807) is 4.90 Å². The monoisotopic (exact) mass is 153 g/mol. The minimum atomic E-state index is -0.0892. The molecular weight excluding hydrogens is 146 g/mol. The second-order valence-electron chi connectivity index (χ2n) is 2.57. The number of hydrogen-bond acceptors (Lipinski definition) is 3. The first-order chi connectivity index (χ1) is 5.31. The second kappa shape index (κ2) is 2.08. The number of β-lactam (4-membered cyclic amide) rings is 1. The number of allylic oxidation sites excluding steroid dienone is 1. The van der Waals surface area contributed by atoms with Crippen molar-refractivity contribution in [3.63, 3.8) is 0 Å². The molecule has 0 saturated carbocycles. The van der Waals surface area contributed by atoms with Gasteiger partial charge in [0.25, 0.3) is 0 Å². The van der Waals surface area contributed by atoms with E-state index < -0.39 is 0 Å². The molecule has 2 aliphatic heterocycles. The van der Waals surface area contributed by atoms with Crippen molar-refractivity contribution in [2.24, 2.45) is 0 Å². The second-order valence-corrected chi connectivity index (χ2v) is 2.57. The summed E-state index contributed by atoms with van der Waals surface area (Å²) in [7, 11) is 0. The first-order valence-corrected chi connectivity index (χ1v) is 3.42. The van der Waals surface area contributed by atoms with E-state index in [1.165, 1.54) is 6.08 Å². The van der Waals surface area contributed by atoms with Gasteiger partial charge in [-0.2, -0.15) is 0 Å². The van der Waals surface area contributed by atoms with Crippen LogP contribution in [0.25, 0.3) is 0 Å². The van der Waals surface area contributed by atoms with Gasteiger partial charge in [-0.25, -0.2) is 0 Å². The van der Waals surface area contributed by atoms with E-state index in [2.05, 4.69) is 0 Å². The topological polar surface area (TPSA) is 46.6 Å². The van der Waals surface area contributed by atoms with Gasteiger partial charge in [0.05, 0.1) is 13.0 Å². The smallest absolute Gasteiger partial charge is 0.231 e. The fourth-order valence-corrected chi connectivity index (χ4v) is 1.27. The van der Waals surface area contributed by atoms with Crippen molar-refractivity contribution < 1.29 is 14.3 Å². The van der Waals surface area contributed by atoms with Crippen molar-refractivity contribution in [3.8, 4) is 0 Å². The van der Waals surface area contributed by atoms with Crippen molar-refractivity contribution >= 4 is 12.2 Å². The molecule has 0 radical (unpaired) electrons. The Morgan fingerprint density at radius 2 is 2.45 bits per heavy atom. The zero-order chi connectivity index (χ0) is 7.84. The molecule has 2 heterocycles. The maximum atomic E-state index is 10.8. The van der Waals surface area contributed by atoms with E-state index in [0.717, 1.165) is 0 Å². The van der Waals surface area contributed by atoms with Crippen LogP contribution in [0.5, 0.6) is 0 Å². The van der Waals surface area contributed by atoms with Crippen molar-refractivity contribution in [1.82, 2.24) is 4.90 Å². The van der Waals surface area contributed by atoms with Crippen LogP contribution < -0.4 is 0 Å². The zero-order valence-electron chi connectivity index (χ0n) is 5.82. The predicted molar refractivity (Wildman–Crippen MR) is 35.4 cm³/mol. The lowest BCUT2D eigenvalue weighted by molar-refractivity contribution is -0.153. The molecule has 0 unspecified atom stereocenters. The number of aldehydes is 1. The van der Waals surface area contributed by atoms with Crippen molar-refractivity contribution in [1.29, 1.82) is 0 Å². The van der Waals surface area contributed by atoms with Gasteiger partial charge in [-0.3, -0.25) is 14.5 Å². The molecule has 0 spiro atoms. The van der Waals surface area contributed by atoms with Gasteiger partial charge in [-0.1, -0.05) is 0 Å². The van der Waals surface area contributed by atoms with Crippen LogP contribution in [-0.4, -0.2) is 29.9 Å². The molecule has 2 fully saturated rings. The van der Waals surface area contributed by atoms with E-state index in [1.807, 2.05) is 0 Å². The number of nitrogens with zero attached hydrogens (tertiary/aromatic N) is 1. The lowest BCUT2D eigenvalue weighted by atomic mass is 10.2. The van der Waals surface area contributed by atoms with Gasteiger partial charge >= 0.3 is 0 Å². The summed E-state index contributed by atoms with van der Waals surface area (Å²) in [4.78, 5) is 22.4. The van der Waals surface area contributed by atoms with Crippen LogP contribution in [-0.2, 0) is 14.3 Å². The number of fused-ring (bicyclic) bond motifs is 1. The van der Waals surface area contributed by atoms with E-state index in [0.29, 0.717) is 25.0 Å². The van der Waals surface area contributed by atoms with Crippen molar-refractivity contribution in [2.75, 3.05) is 6.54 Å². The van der Waals surface area contributed by atoms with Crippen LogP contribution in [0.2, 0.25) is 0 Å². The molecule has 2 saturated heterocycles. The Morgan fingerprint density at radius 1 is 1.64 bits per heavy atom. The molecule has 11 heavy (non-hydrogen) atoms. The number of ether oxygens (including phenoxy) is 1. The summed E-state index contributed by atoms with van der Waals surface area (Å²) in [6.07, 6.45) is 2.39. The molecule has 0 bridgehead atoms. The summed E-state index contributed by atoms with van der Waals surface area (Å²) >= 11 is 0. The normalized spacial score (nSPS) is 31.3.